The minimum absolute atomic E-state index is 0.276. The van der Waals surface area contributed by atoms with Crippen molar-refractivity contribution in [1.29, 1.82) is 0 Å². The minimum Gasteiger partial charge on any atom is -0.481 e. The van der Waals surface area contributed by atoms with Crippen molar-refractivity contribution in [1.82, 2.24) is 0 Å². The van der Waals surface area contributed by atoms with Gasteiger partial charge in [-0.25, -0.2) is 4.79 Å². The lowest BCUT2D eigenvalue weighted by molar-refractivity contribution is -0.159. The Morgan fingerprint density at radius 1 is 1.31 bits per heavy atom. The zero-order valence-corrected chi connectivity index (χ0v) is 8.64. The van der Waals surface area contributed by atoms with Crippen molar-refractivity contribution in [3.05, 3.63) is 29.8 Å². The molecule has 0 heterocycles. The molecule has 0 aromatic heterocycles. The molecule has 0 atom stereocenters. The van der Waals surface area contributed by atoms with Crippen LogP contribution in [-0.4, -0.2) is 24.8 Å². The topological polar surface area (TPSA) is 69.7 Å². The van der Waals surface area contributed by atoms with E-state index < -0.39 is 18.5 Å². The number of hydrogen-bond donors (Lipinski definition) is 0. The van der Waals surface area contributed by atoms with E-state index >= 15 is 0 Å². The van der Waals surface area contributed by atoms with Crippen LogP contribution in [0.25, 0.3) is 0 Å². The highest BCUT2D eigenvalue weighted by Crippen LogP contribution is 2.15. The molecule has 84 valence electrons. The average molecular weight is 222 g/mol. The third-order valence-corrected chi connectivity index (χ3v) is 1.65. The molecule has 5 heteroatoms. The van der Waals surface area contributed by atoms with Crippen LogP contribution in [0.4, 0.5) is 0 Å². The van der Waals surface area contributed by atoms with Gasteiger partial charge in [0, 0.05) is 6.92 Å². The summed E-state index contributed by atoms with van der Waals surface area (Å²) in [6, 6.07) is 6.44. The smallest absolute Gasteiger partial charge is 0.351 e. The van der Waals surface area contributed by atoms with Crippen LogP contribution in [0.3, 0.4) is 0 Å². The van der Waals surface area contributed by atoms with Crippen molar-refractivity contribution in [3.63, 3.8) is 0 Å². The molecule has 0 fully saturated rings. The quantitative estimate of drug-likeness (QED) is 0.431. The lowest BCUT2D eigenvalue weighted by Gasteiger charge is -2.06. The molecule has 5 nitrogen and oxygen atoms in total. The molecule has 16 heavy (non-hydrogen) atoms. The van der Waals surface area contributed by atoms with Crippen LogP contribution in [0, 0.1) is 0 Å². The first kappa shape index (κ1) is 11.9. The van der Waals surface area contributed by atoms with E-state index in [1.807, 2.05) is 0 Å². The lowest BCUT2D eigenvalue weighted by atomic mass is 10.2. The first-order chi connectivity index (χ1) is 7.63. The normalized spacial score (nSPS) is 9.31. The van der Waals surface area contributed by atoms with Crippen molar-refractivity contribution in [2.45, 2.75) is 6.92 Å². The molecule has 0 saturated heterocycles. The Hall–Kier alpha value is -2.17. The SMILES string of the molecule is CC(=O)OC(=O)COc1ccccc1C=O. The number of rotatable bonds is 4. The van der Waals surface area contributed by atoms with Crippen LogP contribution in [-0.2, 0) is 14.3 Å². The molecular formula is C11H10O5. The monoisotopic (exact) mass is 222 g/mol. The minimum atomic E-state index is -0.798. The summed E-state index contributed by atoms with van der Waals surface area (Å²) < 4.78 is 9.29. The first-order valence-electron chi connectivity index (χ1n) is 4.51. The molecule has 0 N–H and O–H groups in total. The van der Waals surface area contributed by atoms with Crippen LogP contribution in [0.1, 0.15) is 17.3 Å². The Kier molecular flexibility index (Phi) is 4.20. The largest absolute Gasteiger partial charge is 0.481 e. The highest BCUT2D eigenvalue weighted by molar-refractivity contribution is 5.85. The highest BCUT2D eigenvalue weighted by Gasteiger charge is 2.08. The van der Waals surface area contributed by atoms with E-state index in [9.17, 15) is 14.4 Å². The first-order valence-corrected chi connectivity index (χ1v) is 4.51. The second-order valence-electron chi connectivity index (χ2n) is 2.91. The van der Waals surface area contributed by atoms with Gasteiger partial charge in [0.25, 0.3) is 0 Å². The Labute approximate surface area is 92.0 Å². The van der Waals surface area contributed by atoms with Gasteiger partial charge in [-0.1, -0.05) is 12.1 Å². The average Bonchev–Trinajstić information content (AvgIpc) is 2.26. The van der Waals surface area contributed by atoms with Crippen molar-refractivity contribution in [3.8, 4) is 5.75 Å². The van der Waals surface area contributed by atoms with E-state index in [0.29, 0.717) is 11.8 Å². The predicted octanol–water partition coefficient (Wildman–Crippen LogP) is 0.968. The second-order valence-corrected chi connectivity index (χ2v) is 2.91. The van der Waals surface area contributed by atoms with E-state index in [-0.39, 0.29) is 5.75 Å². The van der Waals surface area contributed by atoms with Gasteiger partial charge in [0.05, 0.1) is 5.56 Å². The molecule has 1 rings (SSSR count). The molecule has 0 aliphatic rings. The fourth-order valence-corrected chi connectivity index (χ4v) is 1.04. The Morgan fingerprint density at radius 3 is 2.62 bits per heavy atom. The van der Waals surface area contributed by atoms with Gasteiger partial charge >= 0.3 is 11.9 Å². The molecule has 0 amide bonds. The number of esters is 2. The molecule has 1 aromatic carbocycles. The summed E-state index contributed by atoms with van der Waals surface area (Å²) in [5, 5.41) is 0. The molecule has 0 aliphatic heterocycles. The summed E-state index contributed by atoms with van der Waals surface area (Å²) in [5.74, 6) is -1.22. The van der Waals surface area contributed by atoms with Gasteiger partial charge in [0.1, 0.15) is 5.75 Å². The van der Waals surface area contributed by atoms with Crippen LogP contribution in [0.15, 0.2) is 24.3 Å². The predicted molar refractivity (Wildman–Crippen MR) is 54.1 cm³/mol. The van der Waals surface area contributed by atoms with E-state index in [2.05, 4.69) is 4.74 Å². The number of aldehydes is 1. The highest BCUT2D eigenvalue weighted by atomic mass is 16.6. The lowest BCUT2D eigenvalue weighted by Crippen LogP contribution is -2.17. The number of hydrogen-bond acceptors (Lipinski definition) is 5. The van der Waals surface area contributed by atoms with E-state index in [1.54, 1.807) is 24.3 Å². The molecule has 0 aliphatic carbocycles. The summed E-state index contributed by atoms with van der Waals surface area (Å²) in [6.45, 7) is 0.710. The third-order valence-electron chi connectivity index (χ3n) is 1.65. The van der Waals surface area contributed by atoms with Crippen molar-refractivity contribution in [2.75, 3.05) is 6.61 Å². The Morgan fingerprint density at radius 2 is 2.00 bits per heavy atom. The van der Waals surface area contributed by atoms with E-state index in [1.165, 1.54) is 0 Å². The van der Waals surface area contributed by atoms with Crippen molar-refractivity contribution in [2.24, 2.45) is 0 Å². The number of carbonyl (C=O) groups is 3. The van der Waals surface area contributed by atoms with Crippen molar-refractivity contribution >= 4 is 18.2 Å². The van der Waals surface area contributed by atoms with Gasteiger partial charge in [0.15, 0.2) is 12.9 Å². The van der Waals surface area contributed by atoms with Gasteiger partial charge < -0.3 is 9.47 Å². The molecule has 0 unspecified atom stereocenters. The van der Waals surface area contributed by atoms with Crippen LogP contribution in [0.5, 0.6) is 5.75 Å². The standard InChI is InChI=1S/C11H10O5/c1-8(13)16-11(14)7-15-10-5-3-2-4-9(10)6-12/h2-6H,7H2,1H3. The number of para-hydroxylation sites is 1. The van der Waals surface area contributed by atoms with Crippen LogP contribution >= 0.6 is 0 Å². The maximum Gasteiger partial charge on any atom is 0.351 e. The van der Waals surface area contributed by atoms with Gasteiger partial charge in [-0.3, -0.25) is 9.59 Å². The van der Waals surface area contributed by atoms with Gasteiger partial charge in [0.2, 0.25) is 0 Å². The second kappa shape index (κ2) is 5.65. The fraction of sp³-hybridized carbons (Fsp3) is 0.182. The van der Waals surface area contributed by atoms with Gasteiger partial charge in [-0.05, 0) is 12.1 Å². The Bertz CT molecular complexity index is 411. The van der Waals surface area contributed by atoms with Crippen molar-refractivity contribution < 1.29 is 23.9 Å². The summed E-state index contributed by atoms with van der Waals surface area (Å²) in [5.41, 5.74) is 0.332. The van der Waals surface area contributed by atoms with Crippen LogP contribution in [0.2, 0.25) is 0 Å². The molecule has 1 aromatic rings. The Balaban J connectivity index is 2.57. The fourth-order valence-electron chi connectivity index (χ4n) is 1.04. The molecule has 0 bridgehead atoms. The third kappa shape index (κ3) is 3.53. The number of benzene rings is 1. The maximum atomic E-state index is 11.0. The number of ether oxygens (including phenoxy) is 2. The van der Waals surface area contributed by atoms with Crippen LogP contribution < -0.4 is 4.74 Å². The van der Waals surface area contributed by atoms with E-state index in [0.717, 1.165) is 6.92 Å². The summed E-state index contributed by atoms with van der Waals surface area (Å²) in [4.78, 5) is 32.0. The summed E-state index contributed by atoms with van der Waals surface area (Å²) in [6.07, 6.45) is 0.617. The zero-order valence-electron chi connectivity index (χ0n) is 8.64. The number of carbonyl (C=O) groups excluding carboxylic acids is 3. The van der Waals surface area contributed by atoms with Gasteiger partial charge in [-0.2, -0.15) is 0 Å². The summed E-state index contributed by atoms with van der Waals surface area (Å²) >= 11 is 0. The molecule has 0 spiro atoms. The van der Waals surface area contributed by atoms with E-state index in [4.69, 9.17) is 4.74 Å². The summed E-state index contributed by atoms with van der Waals surface area (Å²) in [7, 11) is 0. The molecular weight excluding hydrogens is 212 g/mol. The maximum absolute atomic E-state index is 11.0. The molecule has 0 radical (unpaired) electrons. The molecule has 0 saturated carbocycles. The van der Waals surface area contributed by atoms with Gasteiger partial charge in [-0.15, -0.1) is 0 Å². The zero-order chi connectivity index (χ0) is 12.0.